The fourth-order valence-electron chi connectivity index (χ4n) is 3.24. The summed E-state index contributed by atoms with van der Waals surface area (Å²) in [5.41, 5.74) is 0.791. The molecule has 0 aliphatic heterocycles. The molecule has 1 unspecified atom stereocenters. The van der Waals surface area contributed by atoms with E-state index in [4.69, 9.17) is 16.3 Å². The van der Waals surface area contributed by atoms with Crippen molar-refractivity contribution in [3.63, 3.8) is 0 Å². The lowest BCUT2D eigenvalue weighted by atomic mass is 10.00. The molecule has 190 valence electrons. The summed E-state index contributed by atoms with van der Waals surface area (Å²) < 4.78 is 5.81. The zero-order valence-electron chi connectivity index (χ0n) is 20.1. The number of ether oxygens (including phenoxy) is 1. The minimum atomic E-state index is -0.442. The number of nitrogens with one attached hydrogen (secondary N) is 4. The van der Waals surface area contributed by atoms with Crippen LogP contribution in [0.1, 0.15) is 38.5 Å². The van der Waals surface area contributed by atoms with Crippen LogP contribution in [0.3, 0.4) is 0 Å². The van der Waals surface area contributed by atoms with Crippen molar-refractivity contribution in [2.75, 3.05) is 26.0 Å². The number of amides is 3. The highest BCUT2D eigenvalue weighted by molar-refractivity contribution is 6.17. The second kappa shape index (κ2) is 16.3. The minimum absolute atomic E-state index is 0.149. The summed E-state index contributed by atoms with van der Waals surface area (Å²) in [5, 5.41) is 18.7. The van der Waals surface area contributed by atoms with Crippen molar-refractivity contribution in [2.45, 2.75) is 38.5 Å². The summed E-state index contributed by atoms with van der Waals surface area (Å²) in [6.07, 6.45) is 12.8. The van der Waals surface area contributed by atoms with E-state index in [0.29, 0.717) is 42.9 Å². The Morgan fingerprint density at radius 2 is 2.14 bits per heavy atom. The first-order valence-corrected chi connectivity index (χ1v) is 12.2. The summed E-state index contributed by atoms with van der Waals surface area (Å²) >= 11 is 5.86. The van der Waals surface area contributed by atoms with Crippen LogP contribution < -0.4 is 26.0 Å². The first-order valence-electron chi connectivity index (χ1n) is 11.6. The molecule has 10 nitrogen and oxygen atoms in total. The van der Waals surface area contributed by atoms with Gasteiger partial charge in [-0.1, -0.05) is 6.08 Å². The van der Waals surface area contributed by atoms with Crippen LogP contribution in [-0.4, -0.2) is 54.1 Å². The van der Waals surface area contributed by atoms with Gasteiger partial charge in [0.2, 0.25) is 11.9 Å². The molecule has 0 saturated heterocycles. The standard InChI is InChI=1S/C24H34ClN7O3/c1-3-5-18(6-4-13-25)16-28-23(32-24(34)27-14-12-22(33)26-2)31-19-7-9-20(10-8-19)35-21-11-15-29-30-17-21/h3,7,9,11,15,17-18H,1,4-6,8,10,12-14,16H2,2H3,(H,26,33)(H3,27,28,31,32,34). The Morgan fingerprint density at radius 1 is 1.29 bits per heavy atom. The van der Waals surface area contributed by atoms with Crippen LogP contribution in [0.25, 0.3) is 0 Å². The fourth-order valence-corrected chi connectivity index (χ4v) is 3.40. The number of allylic oxidation sites excluding steroid dienone is 5. The van der Waals surface area contributed by atoms with E-state index in [1.807, 2.05) is 18.2 Å². The highest BCUT2D eigenvalue weighted by Crippen LogP contribution is 2.22. The van der Waals surface area contributed by atoms with Gasteiger partial charge in [-0.25, -0.2) is 9.79 Å². The van der Waals surface area contributed by atoms with Gasteiger partial charge >= 0.3 is 6.03 Å². The Hall–Kier alpha value is -3.40. The van der Waals surface area contributed by atoms with E-state index < -0.39 is 6.03 Å². The lowest BCUT2D eigenvalue weighted by Gasteiger charge is -2.19. The maximum Gasteiger partial charge on any atom is 0.321 e. The van der Waals surface area contributed by atoms with Gasteiger partial charge in [-0.15, -0.1) is 18.2 Å². The number of aromatic nitrogens is 2. The number of urea groups is 1. The number of nitrogens with zero attached hydrogens (tertiary/aromatic N) is 3. The van der Waals surface area contributed by atoms with E-state index >= 15 is 0 Å². The molecule has 3 amide bonds. The molecular formula is C24H34ClN7O3. The number of hydrogen-bond acceptors (Lipinski definition) is 6. The molecule has 0 radical (unpaired) electrons. The van der Waals surface area contributed by atoms with Gasteiger partial charge in [0.05, 0.1) is 12.4 Å². The number of halogens is 1. The van der Waals surface area contributed by atoms with Gasteiger partial charge < -0.3 is 20.7 Å². The van der Waals surface area contributed by atoms with E-state index in [1.165, 1.54) is 0 Å². The molecule has 1 aromatic rings. The Morgan fingerprint density at radius 3 is 2.80 bits per heavy atom. The summed E-state index contributed by atoms with van der Waals surface area (Å²) in [7, 11) is 1.55. The maximum atomic E-state index is 12.4. The Kier molecular flexibility index (Phi) is 12.9. The first-order chi connectivity index (χ1) is 17.0. The first kappa shape index (κ1) is 27.8. The van der Waals surface area contributed by atoms with Crippen molar-refractivity contribution in [1.29, 1.82) is 0 Å². The fraction of sp³-hybridized carbons (Fsp3) is 0.458. The maximum absolute atomic E-state index is 12.4. The third-order valence-electron chi connectivity index (χ3n) is 5.10. The molecule has 2 rings (SSSR count). The molecule has 1 heterocycles. The van der Waals surface area contributed by atoms with Gasteiger partial charge in [0.15, 0.2) is 0 Å². The van der Waals surface area contributed by atoms with Crippen molar-refractivity contribution < 1.29 is 14.3 Å². The molecule has 1 aliphatic rings. The molecule has 1 aliphatic carbocycles. The van der Waals surface area contributed by atoms with Crippen LogP contribution >= 0.6 is 11.6 Å². The number of carbonyl (C=O) groups is 2. The lowest BCUT2D eigenvalue weighted by molar-refractivity contribution is -0.120. The topological polar surface area (TPSA) is 130 Å². The molecule has 4 N–H and O–H groups in total. The van der Waals surface area contributed by atoms with Gasteiger partial charge in [0, 0.05) is 50.6 Å². The average Bonchev–Trinajstić information content (AvgIpc) is 2.87. The number of carbonyl (C=O) groups excluding carboxylic acids is 2. The summed E-state index contributed by atoms with van der Waals surface area (Å²) in [4.78, 5) is 28.4. The zero-order valence-corrected chi connectivity index (χ0v) is 20.8. The van der Waals surface area contributed by atoms with Gasteiger partial charge in [0.1, 0.15) is 11.5 Å². The molecule has 0 saturated carbocycles. The van der Waals surface area contributed by atoms with Crippen molar-refractivity contribution >= 4 is 29.5 Å². The smallest absolute Gasteiger partial charge is 0.321 e. The Labute approximate surface area is 211 Å². The summed E-state index contributed by atoms with van der Waals surface area (Å²) in [6, 6.07) is 1.30. The van der Waals surface area contributed by atoms with Gasteiger partial charge in [0.25, 0.3) is 0 Å². The van der Waals surface area contributed by atoms with Crippen LogP contribution in [0.5, 0.6) is 5.75 Å². The van der Waals surface area contributed by atoms with E-state index in [2.05, 4.69) is 43.0 Å². The van der Waals surface area contributed by atoms with E-state index in [9.17, 15) is 9.59 Å². The third kappa shape index (κ3) is 11.5. The molecule has 0 bridgehead atoms. The Bertz CT molecular complexity index is 919. The third-order valence-corrected chi connectivity index (χ3v) is 5.37. The van der Waals surface area contributed by atoms with E-state index in [0.717, 1.165) is 30.7 Å². The number of rotatable bonds is 13. The van der Waals surface area contributed by atoms with Crippen LogP contribution in [-0.2, 0) is 4.79 Å². The second-order valence-electron chi connectivity index (χ2n) is 7.84. The number of aliphatic imine (C=N–C) groups is 1. The molecule has 0 aromatic carbocycles. The molecular weight excluding hydrogens is 470 g/mol. The quantitative estimate of drug-likeness (QED) is 0.142. The van der Waals surface area contributed by atoms with E-state index in [-0.39, 0.29) is 18.9 Å². The number of hydrogen-bond donors (Lipinski definition) is 4. The number of guanidine groups is 1. The molecule has 1 aromatic heterocycles. The van der Waals surface area contributed by atoms with Crippen LogP contribution in [0, 0.1) is 5.92 Å². The SMILES string of the molecule is C=CCC(CCCCl)CN/C(=N/C1=CC=C(Oc2ccnnc2)CC1)NC(=O)NCCC(=O)NC. The lowest BCUT2D eigenvalue weighted by Crippen LogP contribution is -2.47. The monoisotopic (exact) mass is 503 g/mol. The molecule has 11 heteroatoms. The van der Waals surface area contributed by atoms with Crippen LogP contribution in [0.15, 0.2) is 59.7 Å². The van der Waals surface area contributed by atoms with Crippen molar-refractivity contribution in [2.24, 2.45) is 10.9 Å². The van der Waals surface area contributed by atoms with Gasteiger partial charge in [-0.2, -0.15) is 10.2 Å². The van der Waals surface area contributed by atoms with Gasteiger partial charge in [-0.3, -0.25) is 10.1 Å². The molecule has 35 heavy (non-hydrogen) atoms. The van der Waals surface area contributed by atoms with Crippen LogP contribution in [0.4, 0.5) is 4.79 Å². The minimum Gasteiger partial charge on any atom is -0.460 e. The van der Waals surface area contributed by atoms with Gasteiger partial charge in [-0.05, 0) is 43.8 Å². The summed E-state index contributed by atoms with van der Waals surface area (Å²) in [5.74, 6) is 2.50. The predicted molar refractivity (Wildman–Crippen MR) is 137 cm³/mol. The normalized spacial score (nSPS) is 14.2. The molecule has 0 spiro atoms. The molecule has 1 atom stereocenters. The largest absolute Gasteiger partial charge is 0.460 e. The van der Waals surface area contributed by atoms with Crippen molar-refractivity contribution in [3.8, 4) is 5.75 Å². The van der Waals surface area contributed by atoms with E-state index in [1.54, 1.807) is 25.5 Å². The van der Waals surface area contributed by atoms with Crippen LogP contribution in [0.2, 0.25) is 0 Å². The number of alkyl halides is 1. The van der Waals surface area contributed by atoms with Crippen molar-refractivity contribution in [1.82, 2.24) is 31.5 Å². The highest BCUT2D eigenvalue weighted by Gasteiger charge is 2.13. The predicted octanol–water partition coefficient (Wildman–Crippen LogP) is 3.01. The summed E-state index contributed by atoms with van der Waals surface area (Å²) in [6.45, 7) is 4.65. The van der Waals surface area contributed by atoms with Crippen molar-refractivity contribution in [3.05, 3.63) is 54.7 Å². The Balaban J connectivity index is 2.05. The average molecular weight is 504 g/mol. The highest BCUT2D eigenvalue weighted by atomic mass is 35.5. The molecule has 0 fully saturated rings. The second-order valence-corrected chi connectivity index (χ2v) is 8.22. The zero-order chi connectivity index (χ0) is 25.3.